The SMILES string of the molecule is CCOc1ccc(S(=O)(=O)F)cc1C. The highest BCUT2D eigenvalue weighted by Gasteiger charge is 2.13. The van der Waals surface area contributed by atoms with E-state index in [1.165, 1.54) is 18.2 Å². The lowest BCUT2D eigenvalue weighted by Crippen LogP contribution is -1.97. The normalized spacial score (nSPS) is 11.4. The zero-order valence-electron chi connectivity index (χ0n) is 7.95. The van der Waals surface area contributed by atoms with Gasteiger partial charge < -0.3 is 4.74 Å². The van der Waals surface area contributed by atoms with Crippen LogP contribution < -0.4 is 4.74 Å². The number of aryl methyl sites for hydroxylation is 1. The molecule has 0 aliphatic heterocycles. The molecule has 0 unspecified atom stereocenters. The van der Waals surface area contributed by atoms with Crippen LogP contribution in [0.3, 0.4) is 0 Å². The Kier molecular flexibility index (Phi) is 3.10. The number of hydrogen-bond donors (Lipinski definition) is 0. The van der Waals surface area contributed by atoms with E-state index in [9.17, 15) is 12.3 Å². The van der Waals surface area contributed by atoms with E-state index in [1.807, 2.05) is 6.92 Å². The van der Waals surface area contributed by atoms with Crippen LogP contribution in [0.15, 0.2) is 23.1 Å². The van der Waals surface area contributed by atoms with Gasteiger partial charge in [0.25, 0.3) is 0 Å². The topological polar surface area (TPSA) is 43.4 Å². The van der Waals surface area contributed by atoms with Crippen molar-refractivity contribution >= 4 is 10.2 Å². The van der Waals surface area contributed by atoms with Gasteiger partial charge in [-0.15, -0.1) is 3.89 Å². The van der Waals surface area contributed by atoms with Crippen molar-refractivity contribution in [2.45, 2.75) is 18.7 Å². The predicted octanol–water partition coefficient (Wildman–Crippen LogP) is 2.05. The second kappa shape index (κ2) is 3.96. The molecule has 3 nitrogen and oxygen atoms in total. The highest BCUT2D eigenvalue weighted by Crippen LogP contribution is 2.22. The van der Waals surface area contributed by atoms with Gasteiger partial charge in [-0.2, -0.15) is 8.42 Å². The summed E-state index contributed by atoms with van der Waals surface area (Å²) in [6.45, 7) is 3.97. The number of rotatable bonds is 3. The van der Waals surface area contributed by atoms with E-state index in [4.69, 9.17) is 4.74 Å². The third-order valence-corrected chi connectivity index (χ3v) is 2.54. The van der Waals surface area contributed by atoms with Crippen LogP contribution in [0.4, 0.5) is 3.89 Å². The molecule has 0 saturated carbocycles. The zero-order valence-corrected chi connectivity index (χ0v) is 8.77. The monoisotopic (exact) mass is 218 g/mol. The Morgan fingerprint density at radius 1 is 1.43 bits per heavy atom. The highest BCUT2D eigenvalue weighted by molar-refractivity contribution is 7.86. The van der Waals surface area contributed by atoms with Crippen molar-refractivity contribution in [2.24, 2.45) is 0 Å². The van der Waals surface area contributed by atoms with E-state index < -0.39 is 10.2 Å². The Labute approximate surface area is 82.7 Å². The maximum absolute atomic E-state index is 12.6. The molecule has 0 aromatic heterocycles. The standard InChI is InChI=1S/C9H11FO3S/c1-3-13-9-5-4-8(6-7(9)2)14(10,11)12/h4-6H,3H2,1-2H3. The number of hydrogen-bond acceptors (Lipinski definition) is 3. The zero-order chi connectivity index (χ0) is 10.8. The molecule has 14 heavy (non-hydrogen) atoms. The third-order valence-electron chi connectivity index (χ3n) is 1.73. The first-order valence-corrected chi connectivity index (χ1v) is 5.51. The van der Waals surface area contributed by atoms with Gasteiger partial charge in [-0.3, -0.25) is 0 Å². The van der Waals surface area contributed by atoms with Crippen LogP contribution in [-0.4, -0.2) is 15.0 Å². The molecule has 1 aromatic carbocycles. The first-order valence-electron chi connectivity index (χ1n) is 4.13. The summed E-state index contributed by atoms with van der Waals surface area (Å²) >= 11 is 0. The smallest absolute Gasteiger partial charge is 0.332 e. The van der Waals surface area contributed by atoms with Crippen LogP contribution in [0.5, 0.6) is 5.75 Å². The largest absolute Gasteiger partial charge is 0.494 e. The van der Waals surface area contributed by atoms with Gasteiger partial charge in [-0.25, -0.2) is 0 Å². The molecule has 0 radical (unpaired) electrons. The molecule has 1 rings (SSSR count). The Morgan fingerprint density at radius 3 is 2.50 bits per heavy atom. The predicted molar refractivity (Wildman–Crippen MR) is 50.6 cm³/mol. The summed E-state index contributed by atoms with van der Waals surface area (Å²) in [7, 11) is -4.61. The van der Waals surface area contributed by atoms with Crippen molar-refractivity contribution in [3.8, 4) is 5.75 Å². The van der Waals surface area contributed by atoms with Crippen LogP contribution in [0.25, 0.3) is 0 Å². The van der Waals surface area contributed by atoms with E-state index in [2.05, 4.69) is 0 Å². The Hall–Kier alpha value is -1.10. The number of benzene rings is 1. The van der Waals surface area contributed by atoms with Gasteiger partial charge in [-0.1, -0.05) is 0 Å². The van der Waals surface area contributed by atoms with Gasteiger partial charge in [0.05, 0.1) is 11.5 Å². The lowest BCUT2D eigenvalue weighted by atomic mass is 10.2. The van der Waals surface area contributed by atoms with E-state index in [1.54, 1.807) is 6.92 Å². The fourth-order valence-corrected chi connectivity index (χ4v) is 1.64. The minimum Gasteiger partial charge on any atom is -0.494 e. The summed E-state index contributed by atoms with van der Waals surface area (Å²) in [6.07, 6.45) is 0. The summed E-state index contributed by atoms with van der Waals surface area (Å²) in [5, 5.41) is 0. The molecule has 5 heteroatoms. The first kappa shape index (κ1) is 11.0. The van der Waals surface area contributed by atoms with Gasteiger partial charge in [0, 0.05) is 0 Å². The average Bonchev–Trinajstić information content (AvgIpc) is 2.07. The molecular formula is C9H11FO3S. The molecule has 0 bridgehead atoms. The summed E-state index contributed by atoms with van der Waals surface area (Å²) in [5.41, 5.74) is 0.602. The second-order valence-corrected chi connectivity index (χ2v) is 4.15. The molecule has 0 aliphatic carbocycles. The van der Waals surface area contributed by atoms with Crippen molar-refractivity contribution in [3.05, 3.63) is 23.8 Å². The van der Waals surface area contributed by atoms with Crippen molar-refractivity contribution in [2.75, 3.05) is 6.61 Å². The lowest BCUT2D eigenvalue weighted by Gasteiger charge is -2.06. The van der Waals surface area contributed by atoms with Crippen LogP contribution in [0, 0.1) is 6.92 Å². The van der Waals surface area contributed by atoms with Gasteiger partial charge in [0.2, 0.25) is 0 Å². The van der Waals surface area contributed by atoms with Crippen LogP contribution in [-0.2, 0) is 10.2 Å². The van der Waals surface area contributed by atoms with E-state index >= 15 is 0 Å². The molecular weight excluding hydrogens is 207 g/mol. The Balaban J connectivity index is 3.13. The Bertz CT molecular complexity index is 426. The highest BCUT2D eigenvalue weighted by atomic mass is 32.3. The van der Waals surface area contributed by atoms with Crippen LogP contribution in [0.2, 0.25) is 0 Å². The van der Waals surface area contributed by atoms with E-state index in [0.717, 1.165) is 0 Å². The van der Waals surface area contributed by atoms with Crippen molar-refractivity contribution in [3.63, 3.8) is 0 Å². The molecule has 0 N–H and O–H groups in total. The average molecular weight is 218 g/mol. The van der Waals surface area contributed by atoms with Gasteiger partial charge >= 0.3 is 10.2 Å². The number of halogens is 1. The number of ether oxygens (including phenoxy) is 1. The maximum Gasteiger partial charge on any atom is 0.332 e. The maximum atomic E-state index is 12.6. The molecule has 1 aromatic rings. The summed E-state index contributed by atoms with van der Waals surface area (Å²) < 4.78 is 38.8. The minimum atomic E-state index is -4.61. The summed E-state index contributed by atoms with van der Waals surface area (Å²) in [6, 6.07) is 3.89. The van der Waals surface area contributed by atoms with Crippen molar-refractivity contribution < 1.29 is 17.0 Å². The van der Waals surface area contributed by atoms with Crippen LogP contribution in [0.1, 0.15) is 12.5 Å². The van der Waals surface area contributed by atoms with Crippen LogP contribution >= 0.6 is 0 Å². The summed E-state index contributed by atoms with van der Waals surface area (Å²) in [5.74, 6) is 0.569. The summed E-state index contributed by atoms with van der Waals surface area (Å²) in [4.78, 5) is -0.335. The molecule has 0 saturated heterocycles. The molecule has 78 valence electrons. The van der Waals surface area contributed by atoms with Gasteiger partial charge in [0.15, 0.2) is 0 Å². The van der Waals surface area contributed by atoms with E-state index in [0.29, 0.717) is 17.9 Å². The molecule has 0 spiro atoms. The minimum absolute atomic E-state index is 0.335. The van der Waals surface area contributed by atoms with Crippen molar-refractivity contribution in [1.29, 1.82) is 0 Å². The Morgan fingerprint density at radius 2 is 2.07 bits per heavy atom. The van der Waals surface area contributed by atoms with Crippen molar-refractivity contribution in [1.82, 2.24) is 0 Å². The van der Waals surface area contributed by atoms with E-state index in [-0.39, 0.29) is 4.90 Å². The fraction of sp³-hybridized carbons (Fsp3) is 0.333. The molecule has 0 heterocycles. The lowest BCUT2D eigenvalue weighted by molar-refractivity contribution is 0.337. The second-order valence-electron chi connectivity index (χ2n) is 2.80. The molecule has 0 atom stereocenters. The third kappa shape index (κ3) is 2.45. The first-order chi connectivity index (χ1) is 6.45. The fourth-order valence-electron chi connectivity index (χ4n) is 1.09. The quantitative estimate of drug-likeness (QED) is 0.729. The molecule has 0 fully saturated rings. The molecule has 0 amide bonds. The van der Waals surface area contributed by atoms with Gasteiger partial charge in [0.1, 0.15) is 5.75 Å². The molecule has 0 aliphatic rings. The van der Waals surface area contributed by atoms with Gasteiger partial charge in [-0.05, 0) is 37.6 Å².